The van der Waals surface area contributed by atoms with Crippen LogP contribution in [0.5, 0.6) is 11.6 Å². The second kappa shape index (κ2) is 14.2. The number of pyridine rings is 1. The van der Waals surface area contributed by atoms with Crippen LogP contribution in [0.25, 0.3) is 10.8 Å². The van der Waals surface area contributed by atoms with Gasteiger partial charge in [0.25, 0.3) is 5.91 Å². The summed E-state index contributed by atoms with van der Waals surface area (Å²) in [5, 5.41) is 7.21. The van der Waals surface area contributed by atoms with Gasteiger partial charge in [-0.3, -0.25) is 19.2 Å². The fraction of sp³-hybridized carbons (Fsp3) is 0.571. The number of ether oxygens (including phenoxy) is 2. The predicted octanol–water partition coefficient (Wildman–Crippen LogP) is 2.54. The minimum Gasteiger partial charge on any atom is -0.497 e. The third kappa shape index (κ3) is 8.55. The van der Waals surface area contributed by atoms with Crippen molar-refractivity contribution in [3.05, 3.63) is 43.1 Å². The lowest BCUT2D eigenvalue weighted by Crippen LogP contribution is -2.58. The van der Waals surface area contributed by atoms with Crippen molar-refractivity contribution in [3.8, 4) is 11.6 Å². The molecule has 0 radical (unpaired) electrons. The number of nitrogens with one attached hydrogen (secondary N) is 3. The number of aromatic nitrogens is 1. The maximum Gasteiger partial charge on any atom is 0.303 e. The zero-order valence-corrected chi connectivity index (χ0v) is 31.1. The molecule has 1 aromatic heterocycles. The Hall–Kier alpha value is -4.24. The number of nitrogens with zero attached hydrogens (tertiary/aromatic N) is 3. The van der Waals surface area contributed by atoms with Crippen molar-refractivity contribution in [2.45, 2.75) is 84.0 Å². The number of hydrogen-bond donors (Lipinski definition) is 3. The molecule has 2 heterocycles. The fourth-order valence-corrected chi connectivity index (χ4v) is 6.74. The molecule has 274 valence electrons. The Bertz CT molecular complexity index is 1770. The van der Waals surface area contributed by atoms with Gasteiger partial charge in [-0.15, -0.1) is 6.58 Å². The third-order valence-corrected chi connectivity index (χ3v) is 10.5. The van der Waals surface area contributed by atoms with Gasteiger partial charge in [0.1, 0.15) is 23.4 Å². The molecule has 0 unspecified atom stereocenters. The molecule has 1 aliphatic heterocycles. The Morgan fingerprint density at radius 3 is 2.38 bits per heavy atom. The van der Waals surface area contributed by atoms with Gasteiger partial charge in [0, 0.05) is 50.0 Å². The number of likely N-dealkylation sites (tertiary alicyclic amines) is 1. The molecule has 1 saturated carbocycles. The molecule has 0 spiro atoms. The van der Waals surface area contributed by atoms with Crippen molar-refractivity contribution in [2.75, 3.05) is 27.7 Å². The summed E-state index contributed by atoms with van der Waals surface area (Å²) in [6, 6.07) is 6.14. The number of benzene rings is 1. The molecule has 1 aromatic carbocycles. The first-order chi connectivity index (χ1) is 23.1. The molecule has 4 amide bonds. The summed E-state index contributed by atoms with van der Waals surface area (Å²) in [6.07, 6.45) is 2.44. The summed E-state index contributed by atoms with van der Waals surface area (Å²) in [6.45, 7) is 14.9. The standard InChI is InChI=1S/C35H50N6O8S/c1-11-22-19-35(22,32(45)39-50(46,47)40(8)9)38-29(43)27-17-24(49-30-25-13-12-23(48-10)16-21(25)14-15-36-30)20-41(27)31(44)26(33(2,3)4)18-28(42)37-34(5,6)7/h11-16,22,24,26-27H,1,17-20H2,2-10H3,(H,37,42)(H,38,43)(H,39,45)/t22-,24-,26-,27-,35-/m1/s1. The molecule has 5 atom stereocenters. The zero-order valence-electron chi connectivity index (χ0n) is 30.3. The lowest BCUT2D eigenvalue weighted by molar-refractivity contribution is -0.147. The van der Waals surface area contributed by atoms with Crippen LogP contribution in [0.2, 0.25) is 0 Å². The van der Waals surface area contributed by atoms with Crippen LogP contribution in [-0.4, -0.2) is 97.2 Å². The molecule has 0 bridgehead atoms. The van der Waals surface area contributed by atoms with E-state index in [1.807, 2.05) is 64.5 Å². The summed E-state index contributed by atoms with van der Waals surface area (Å²) >= 11 is 0. The van der Waals surface area contributed by atoms with Crippen molar-refractivity contribution >= 4 is 44.6 Å². The van der Waals surface area contributed by atoms with Crippen molar-refractivity contribution < 1.29 is 37.1 Å². The highest BCUT2D eigenvalue weighted by atomic mass is 32.2. The Labute approximate surface area is 294 Å². The molecule has 4 rings (SSSR count). The molecule has 2 fully saturated rings. The predicted molar refractivity (Wildman–Crippen MR) is 188 cm³/mol. The van der Waals surface area contributed by atoms with Crippen molar-refractivity contribution in [3.63, 3.8) is 0 Å². The van der Waals surface area contributed by atoms with E-state index in [4.69, 9.17) is 9.47 Å². The molecule has 1 saturated heterocycles. The van der Waals surface area contributed by atoms with E-state index in [-0.39, 0.29) is 31.7 Å². The van der Waals surface area contributed by atoms with E-state index >= 15 is 0 Å². The number of amides is 4. The van der Waals surface area contributed by atoms with E-state index in [0.29, 0.717) is 17.0 Å². The summed E-state index contributed by atoms with van der Waals surface area (Å²) in [5.74, 6) is -2.69. The monoisotopic (exact) mass is 714 g/mol. The van der Waals surface area contributed by atoms with Crippen LogP contribution in [0.3, 0.4) is 0 Å². The summed E-state index contributed by atoms with van der Waals surface area (Å²) < 4.78 is 39.7. The summed E-state index contributed by atoms with van der Waals surface area (Å²) in [7, 11) is -0.0417. The second-order valence-electron chi connectivity index (χ2n) is 15.3. The quantitative estimate of drug-likeness (QED) is 0.279. The molecule has 50 heavy (non-hydrogen) atoms. The summed E-state index contributed by atoms with van der Waals surface area (Å²) in [4.78, 5) is 61.0. The highest BCUT2D eigenvalue weighted by Gasteiger charge is 2.61. The van der Waals surface area contributed by atoms with Gasteiger partial charge in [-0.2, -0.15) is 12.7 Å². The van der Waals surface area contributed by atoms with Crippen LogP contribution in [0.1, 0.15) is 60.8 Å². The second-order valence-corrected chi connectivity index (χ2v) is 17.2. The van der Waals surface area contributed by atoms with Gasteiger partial charge >= 0.3 is 10.2 Å². The van der Waals surface area contributed by atoms with Crippen LogP contribution in [-0.2, 0) is 29.4 Å². The van der Waals surface area contributed by atoms with E-state index < -0.39 is 68.4 Å². The number of fused-ring (bicyclic) bond motifs is 1. The van der Waals surface area contributed by atoms with Crippen molar-refractivity contribution in [2.24, 2.45) is 17.3 Å². The van der Waals surface area contributed by atoms with Gasteiger partial charge in [0.2, 0.25) is 23.6 Å². The smallest absolute Gasteiger partial charge is 0.303 e. The largest absolute Gasteiger partial charge is 0.497 e. The highest BCUT2D eigenvalue weighted by molar-refractivity contribution is 7.87. The molecule has 2 aliphatic rings. The molecule has 3 N–H and O–H groups in total. The Morgan fingerprint density at radius 2 is 1.82 bits per heavy atom. The lowest BCUT2D eigenvalue weighted by atomic mass is 9.77. The fourth-order valence-electron chi connectivity index (χ4n) is 6.14. The molecule has 2 aromatic rings. The van der Waals surface area contributed by atoms with E-state index in [9.17, 15) is 27.6 Å². The number of rotatable bonds is 12. The maximum atomic E-state index is 14.5. The average molecular weight is 715 g/mol. The molecular formula is C35H50N6O8S. The first kappa shape index (κ1) is 38.6. The van der Waals surface area contributed by atoms with Gasteiger partial charge in [-0.05, 0) is 62.3 Å². The molecule has 14 nitrogen and oxygen atoms in total. The highest BCUT2D eigenvalue weighted by Crippen LogP contribution is 2.45. The first-order valence-electron chi connectivity index (χ1n) is 16.5. The van der Waals surface area contributed by atoms with Gasteiger partial charge in [0.15, 0.2) is 0 Å². The van der Waals surface area contributed by atoms with E-state index in [1.54, 1.807) is 19.4 Å². The van der Waals surface area contributed by atoms with Gasteiger partial charge in [-0.25, -0.2) is 9.71 Å². The normalized spacial score (nSPS) is 22.8. The SMILES string of the molecule is C=C[C@@H]1C[C@]1(NC(=O)[C@H]1C[C@@H](Oc2nccc3cc(OC)ccc23)CN1C(=O)[C@@H](CC(=O)NC(C)(C)C)C(C)(C)C)C(=O)NS(=O)(=O)N(C)C. The topological polar surface area (TPSA) is 176 Å². The maximum absolute atomic E-state index is 14.5. The molecule has 15 heteroatoms. The van der Waals surface area contributed by atoms with Crippen molar-refractivity contribution in [1.29, 1.82) is 0 Å². The average Bonchev–Trinajstić information content (AvgIpc) is 3.56. The van der Waals surface area contributed by atoms with Gasteiger partial charge in [-0.1, -0.05) is 26.8 Å². The number of hydrogen-bond acceptors (Lipinski definition) is 9. The van der Waals surface area contributed by atoms with Gasteiger partial charge in [0.05, 0.1) is 19.6 Å². The van der Waals surface area contributed by atoms with E-state index in [0.717, 1.165) is 9.69 Å². The molecular weight excluding hydrogens is 664 g/mol. The number of methoxy groups -OCH3 is 1. The van der Waals surface area contributed by atoms with Crippen LogP contribution < -0.4 is 24.8 Å². The number of carbonyl (C=O) groups excluding carboxylic acids is 4. The Balaban J connectivity index is 1.68. The zero-order chi connectivity index (χ0) is 37.4. The van der Waals surface area contributed by atoms with Gasteiger partial charge < -0.3 is 25.0 Å². The van der Waals surface area contributed by atoms with E-state index in [1.165, 1.54) is 25.1 Å². The Morgan fingerprint density at radius 1 is 1.14 bits per heavy atom. The summed E-state index contributed by atoms with van der Waals surface area (Å²) in [5.41, 5.74) is -2.77. The third-order valence-electron chi connectivity index (χ3n) is 9.06. The Kier molecular flexibility index (Phi) is 10.9. The first-order valence-corrected chi connectivity index (χ1v) is 18.0. The molecule has 1 aliphatic carbocycles. The minimum absolute atomic E-state index is 0.00228. The van der Waals surface area contributed by atoms with Crippen LogP contribution in [0.15, 0.2) is 43.1 Å². The van der Waals surface area contributed by atoms with Crippen molar-refractivity contribution in [1.82, 2.24) is 29.5 Å². The lowest BCUT2D eigenvalue weighted by Gasteiger charge is -2.35. The van der Waals surface area contributed by atoms with Crippen LogP contribution in [0.4, 0.5) is 0 Å². The van der Waals surface area contributed by atoms with Crippen LogP contribution in [0, 0.1) is 17.3 Å². The minimum atomic E-state index is -4.16. The number of carbonyl (C=O) groups is 4. The van der Waals surface area contributed by atoms with E-state index in [2.05, 4.69) is 22.2 Å². The van der Waals surface area contributed by atoms with Crippen LogP contribution >= 0.6 is 0 Å².